The highest BCUT2D eigenvalue weighted by Gasteiger charge is 2.16. The van der Waals surface area contributed by atoms with Crippen LogP contribution in [0, 0.1) is 5.82 Å². The molecule has 0 saturated heterocycles. The summed E-state index contributed by atoms with van der Waals surface area (Å²) < 4.78 is 13.4. The Morgan fingerprint density at radius 1 is 1.05 bits per heavy atom. The van der Waals surface area contributed by atoms with Crippen molar-refractivity contribution in [3.8, 4) is 0 Å². The largest absolute Gasteiger partial charge is 0.321 e. The van der Waals surface area contributed by atoms with Gasteiger partial charge in [-0.15, -0.1) is 0 Å². The van der Waals surface area contributed by atoms with Gasteiger partial charge in [-0.2, -0.15) is 0 Å². The average molecular weight is 257 g/mol. The van der Waals surface area contributed by atoms with E-state index in [9.17, 15) is 9.18 Å². The lowest BCUT2D eigenvalue weighted by molar-refractivity contribution is -0.119. The minimum Gasteiger partial charge on any atom is -0.321 e. The van der Waals surface area contributed by atoms with Crippen LogP contribution in [-0.2, 0) is 17.6 Å². The van der Waals surface area contributed by atoms with Gasteiger partial charge in [-0.05, 0) is 23.6 Å². The maximum absolute atomic E-state index is 13.4. The molecular weight excluding hydrogens is 241 g/mol. The Balaban J connectivity index is 1.99. The SMILES string of the molecule is NC(Cc1ccccc1)C(=O)Cc1ccccc1F. The van der Waals surface area contributed by atoms with Crippen molar-refractivity contribution in [1.82, 2.24) is 0 Å². The van der Waals surface area contributed by atoms with E-state index >= 15 is 0 Å². The van der Waals surface area contributed by atoms with Gasteiger partial charge >= 0.3 is 0 Å². The van der Waals surface area contributed by atoms with Crippen LogP contribution in [0.3, 0.4) is 0 Å². The molecule has 0 aliphatic heterocycles. The van der Waals surface area contributed by atoms with E-state index in [2.05, 4.69) is 0 Å². The van der Waals surface area contributed by atoms with E-state index in [0.29, 0.717) is 12.0 Å². The molecule has 1 atom stereocenters. The highest BCUT2D eigenvalue weighted by atomic mass is 19.1. The molecule has 98 valence electrons. The van der Waals surface area contributed by atoms with Crippen LogP contribution in [0.5, 0.6) is 0 Å². The third kappa shape index (κ3) is 3.73. The van der Waals surface area contributed by atoms with E-state index in [4.69, 9.17) is 5.73 Å². The average Bonchev–Trinajstić information content (AvgIpc) is 2.42. The molecule has 2 N–H and O–H groups in total. The number of carbonyl (C=O) groups excluding carboxylic acids is 1. The summed E-state index contributed by atoms with van der Waals surface area (Å²) in [5.74, 6) is -0.503. The molecule has 0 heterocycles. The van der Waals surface area contributed by atoms with Gasteiger partial charge in [0.05, 0.1) is 6.04 Å². The molecule has 2 aromatic rings. The summed E-state index contributed by atoms with van der Waals surface area (Å²) in [5, 5.41) is 0. The second-order valence-corrected chi connectivity index (χ2v) is 4.53. The maximum atomic E-state index is 13.4. The fourth-order valence-corrected chi connectivity index (χ4v) is 1.94. The van der Waals surface area contributed by atoms with Gasteiger partial charge in [0.1, 0.15) is 5.82 Å². The first-order valence-electron chi connectivity index (χ1n) is 6.22. The van der Waals surface area contributed by atoms with E-state index in [1.165, 1.54) is 6.07 Å². The van der Waals surface area contributed by atoms with Gasteiger partial charge in [0.15, 0.2) is 5.78 Å². The van der Waals surface area contributed by atoms with Gasteiger partial charge in [-0.3, -0.25) is 4.79 Å². The smallest absolute Gasteiger partial charge is 0.154 e. The van der Waals surface area contributed by atoms with Gasteiger partial charge in [0.25, 0.3) is 0 Å². The highest BCUT2D eigenvalue weighted by molar-refractivity contribution is 5.86. The van der Waals surface area contributed by atoms with Gasteiger partial charge in [-0.25, -0.2) is 4.39 Å². The van der Waals surface area contributed by atoms with Crippen LogP contribution in [0.4, 0.5) is 4.39 Å². The Bertz CT molecular complexity index is 554. The molecule has 0 spiro atoms. The molecule has 2 aromatic carbocycles. The Morgan fingerprint density at radius 3 is 2.37 bits per heavy atom. The summed E-state index contributed by atoms with van der Waals surface area (Å²) in [5.41, 5.74) is 7.29. The van der Waals surface area contributed by atoms with E-state index in [1.807, 2.05) is 30.3 Å². The van der Waals surface area contributed by atoms with Gasteiger partial charge in [0, 0.05) is 6.42 Å². The van der Waals surface area contributed by atoms with Crippen molar-refractivity contribution in [2.45, 2.75) is 18.9 Å². The number of hydrogen-bond donors (Lipinski definition) is 1. The lowest BCUT2D eigenvalue weighted by Gasteiger charge is -2.11. The number of hydrogen-bond acceptors (Lipinski definition) is 2. The van der Waals surface area contributed by atoms with Crippen LogP contribution in [0.1, 0.15) is 11.1 Å². The van der Waals surface area contributed by atoms with Gasteiger partial charge in [0.2, 0.25) is 0 Å². The van der Waals surface area contributed by atoms with Crippen LogP contribution < -0.4 is 5.73 Å². The predicted octanol–water partition coefficient (Wildman–Crippen LogP) is 2.51. The Kier molecular flexibility index (Phi) is 4.42. The summed E-state index contributed by atoms with van der Waals surface area (Å²) >= 11 is 0. The zero-order valence-corrected chi connectivity index (χ0v) is 10.6. The number of carbonyl (C=O) groups is 1. The molecule has 0 amide bonds. The zero-order chi connectivity index (χ0) is 13.7. The second-order valence-electron chi connectivity index (χ2n) is 4.53. The first-order valence-corrected chi connectivity index (χ1v) is 6.22. The number of Topliss-reactive ketones (excluding diaryl/α,β-unsaturated/α-hetero) is 1. The summed E-state index contributed by atoms with van der Waals surface area (Å²) in [4.78, 5) is 12.0. The molecule has 0 aromatic heterocycles. The standard InChI is InChI=1S/C16H16FNO/c17-14-9-5-4-8-13(14)11-16(19)15(18)10-12-6-2-1-3-7-12/h1-9,15H,10-11,18H2. The summed E-state index contributed by atoms with van der Waals surface area (Å²) in [6.45, 7) is 0. The molecule has 1 unspecified atom stereocenters. The first-order chi connectivity index (χ1) is 9.16. The molecule has 2 nitrogen and oxygen atoms in total. The summed E-state index contributed by atoms with van der Waals surface area (Å²) in [7, 11) is 0. The second kappa shape index (κ2) is 6.25. The van der Waals surface area contributed by atoms with Crippen molar-refractivity contribution in [3.05, 3.63) is 71.5 Å². The van der Waals surface area contributed by atoms with Crippen molar-refractivity contribution >= 4 is 5.78 Å². The van der Waals surface area contributed by atoms with Crippen LogP contribution in [-0.4, -0.2) is 11.8 Å². The fourth-order valence-electron chi connectivity index (χ4n) is 1.94. The van der Waals surface area contributed by atoms with Crippen LogP contribution in [0.25, 0.3) is 0 Å². The monoisotopic (exact) mass is 257 g/mol. The summed E-state index contributed by atoms with van der Waals surface area (Å²) in [6, 6.07) is 15.3. The number of benzene rings is 2. The lowest BCUT2D eigenvalue weighted by atomic mass is 9.98. The third-order valence-electron chi connectivity index (χ3n) is 3.03. The Morgan fingerprint density at radius 2 is 1.68 bits per heavy atom. The molecule has 2 rings (SSSR count). The van der Waals surface area contributed by atoms with Gasteiger partial charge < -0.3 is 5.73 Å². The lowest BCUT2D eigenvalue weighted by Crippen LogP contribution is -2.34. The van der Waals surface area contributed by atoms with Crippen LogP contribution in [0.2, 0.25) is 0 Å². The van der Waals surface area contributed by atoms with Crippen molar-refractivity contribution < 1.29 is 9.18 Å². The summed E-state index contributed by atoms with van der Waals surface area (Å²) in [6.07, 6.45) is 0.523. The van der Waals surface area contributed by atoms with E-state index in [-0.39, 0.29) is 18.0 Å². The molecule has 0 aliphatic carbocycles. The van der Waals surface area contributed by atoms with E-state index < -0.39 is 6.04 Å². The minimum atomic E-state index is -0.595. The molecule has 3 heteroatoms. The molecule has 0 saturated carbocycles. The molecule has 0 aliphatic rings. The van der Waals surface area contributed by atoms with Crippen LogP contribution in [0.15, 0.2) is 54.6 Å². The Hall–Kier alpha value is -2.00. The van der Waals surface area contributed by atoms with Gasteiger partial charge in [-0.1, -0.05) is 48.5 Å². The number of nitrogens with two attached hydrogens (primary N) is 1. The van der Waals surface area contributed by atoms with Crippen molar-refractivity contribution in [2.75, 3.05) is 0 Å². The zero-order valence-electron chi connectivity index (χ0n) is 10.6. The van der Waals surface area contributed by atoms with Crippen molar-refractivity contribution in [2.24, 2.45) is 5.73 Å². The van der Waals surface area contributed by atoms with E-state index in [0.717, 1.165) is 5.56 Å². The maximum Gasteiger partial charge on any atom is 0.154 e. The third-order valence-corrected chi connectivity index (χ3v) is 3.03. The number of ketones is 1. The predicted molar refractivity (Wildman–Crippen MR) is 73.2 cm³/mol. The normalized spacial score (nSPS) is 12.1. The first kappa shape index (κ1) is 13.4. The van der Waals surface area contributed by atoms with Crippen molar-refractivity contribution in [3.63, 3.8) is 0 Å². The molecule has 0 radical (unpaired) electrons. The van der Waals surface area contributed by atoms with Crippen LogP contribution >= 0.6 is 0 Å². The number of halogens is 1. The minimum absolute atomic E-state index is 0.0423. The fraction of sp³-hybridized carbons (Fsp3) is 0.188. The van der Waals surface area contributed by atoms with E-state index in [1.54, 1.807) is 18.2 Å². The molecule has 0 fully saturated rings. The number of rotatable bonds is 5. The molecular formula is C16H16FNO. The van der Waals surface area contributed by atoms with Crippen molar-refractivity contribution in [1.29, 1.82) is 0 Å². The molecule has 19 heavy (non-hydrogen) atoms. The molecule has 0 bridgehead atoms. The Labute approximate surface area is 112 Å². The highest BCUT2D eigenvalue weighted by Crippen LogP contribution is 2.10. The quantitative estimate of drug-likeness (QED) is 0.894. The topological polar surface area (TPSA) is 43.1 Å².